The second kappa shape index (κ2) is 4.30. The molecule has 0 aliphatic carbocycles. The Hall–Kier alpha value is -2.52. The maximum absolute atomic E-state index is 10.9. The van der Waals surface area contributed by atoms with E-state index in [9.17, 15) is 10.1 Å². The van der Waals surface area contributed by atoms with Crippen LogP contribution in [0.4, 0.5) is 17.1 Å². The van der Waals surface area contributed by atoms with Gasteiger partial charge in [-0.25, -0.2) is 0 Å². The van der Waals surface area contributed by atoms with Gasteiger partial charge in [-0.3, -0.25) is 10.1 Å². The molecule has 1 aliphatic rings. The highest BCUT2D eigenvalue weighted by Crippen LogP contribution is 2.46. The Bertz CT molecular complexity index is 737. The summed E-state index contributed by atoms with van der Waals surface area (Å²) in [6, 6.07) is 12.4. The number of rotatable bonds is 1. The summed E-state index contributed by atoms with van der Waals surface area (Å²) in [4.78, 5) is 12.1. The highest BCUT2D eigenvalue weighted by atomic mass is 32.2. The first-order chi connectivity index (χ1) is 9.19. The van der Waals surface area contributed by atoms with Crippen LogP contribution in [0.5, 0.6) is 0 Å². The van der Waals surface area contributed by atoms with Gasteiger partial charge in [-0.15, -0.1) is 0 Å². The molecule has 0 bridgehead atoms. The minimum Gasteiger partial charge on any atom is -0.353 e. The monoisotopic (exact) mass is 269 g/mol. The minimum atomic E-state index is -0.484. The third kappa shape index (κ3) is 1.90. The Morgan fingerprint density at radius 3 is 2.79 bits per heavy atom. The molecule has 0 amide bonds. The molecule has 0 aromatic heterocycles. The SMILES string of the molecule is N#Cc1cc([N+](=O)[O-])cc2c1Nc1ccccc1S2. The van der Waals surface area contributed by atoms with Crippen LogP contribution >= 0.6 is 11.8 Å². The molecule has 92 valence electrons. The topological polar surface area (TPSA) is 79.0 Å². The molecule has 1 heterocycles. The van der Waals surface area contributed by atoms with Gasteiger partial charge in [0.15, 0.2) is 0 Å². The Balaban J connectivity index is 2.17. The molecule has 2 aromatic rings. The summed E-state index contributed by atoms with van der Waals surface area (Å²) < 4.78 is 0. The number of para-hydroxylation sites is 1. The number of hydrogen-bond acceptors (Lipinski definition) is 5. The van der Waals surface area contributed by atoms with E-state index < -0.39 is 4.92 Å². The predicted octanol–water partition coefficient (Wildman–Crippen LogP) is 3.67. The number of nitrogens with one attached hydrogen (secondary N) is 1. The molecule has 0 atom stereocenters. The van der Waals surface area contributed by atoms with Crippen molar-refractivity contribution in [3.8, 4) is 6.07 Å². The van der Waals surface area contributed by atoms with Gasteiger partial charge in [0.25, 0.3) is 5.69 Å². The predicted molar refractivity (Wildman–Crippen MR) is 71.7 cm³/mol. The average Bonchev–Trinajstić information content (AvgIpc) is 2.43. The molecular weight excluding hydrogens is 262 g/mol. The summed E-state index contributed by atoms with van der Waals surface area (Å²) in [6.07, 6.45) is 0. The van der Waals surface area contributed by atoms with Gasteiger partial charge in [0, 0.05) is 21.9 Å². The van der Waals surface area contributed by atoms with Gasteiger partial charge in [0.05, 0.1) is 21.9 Å². The van der Waals surface area contributed by atoms with Crippen LogP contribution in [0.2, 0.25) is 0 Å². The van der Waals surface area contributed by atoms with Gasteiger partial charge in [0.2, 0.25) is 0 Å². The Kier molecular flexibility index (Phi) is 2.62. The molecule has 6 heteroatoms. The fourth-order valence-electron chi connectivity index (χ4n) is 1.92. The van der Waals surface area contributed by atoms with E-state index in [1.165, 1.54) is 23.9 Å². The third-order valence-electron chi connectivity index (χ3n) is 2.78. The van der Waals surface area contributed by atoms with Crippen molar-refractivity contribution in [2.75, 3.05) is 5.32 Å². The molecule has 3 rings (SSSR count). The lowest BCUT2D eigenvalue weighted by Gasteiger charge is -2.21. The molecule has 0 unspecified atom stereocenters. The average molecular weight is 269 g/mol. The first kappa shape index (κ1) is 11.6. The molecule has 5 nitrogen and oxygen atoms in total. The number of fused-ring (bicyclic) bond motifs is 2. The van der Waals surface area contributed by atoms with Gasteiger partial charge in [-0.1, -0.05) is 23.9 Å². The lowest BCUT2D eigenvalue weighted by molar-refractivity contribution is -0.385. The smallest absolute Gasteiger partial charge is 0.272 e. The van der Waals surface area contributed by atoms with Crippen LogP contribution < -0.4 is 5.32 Å². The van der Waals surface area contributed by atoms with Crippen molar-refractivity contribution >= 4 is 28.8 Å². The maximum atomic E-state index is 10.9. The summed E-state index contributed by atoms with van der Waals surface area (Å²) in [5.74, 6) is 0. The molecule has 0 radical (unpaired) electrons. The van der Waals surface area contributed by atoms with Crippen molar-refractivity contribution < 1.29 is 4.92 Å². The number of anilines is 2. The molecule has 2 aromatic carbocycles. The van der Waals surface area contributed by atoms with Crippen LogP contribution in [0.15, 0.2) is 46.2 Å². The molecule has 19 heavy (non-hydrogen) atoms. The van der Waals surface area contributed by atoms with Crippen LogP contribution in [-0.4, -0.2) is 4.92 Å². The molecule has 0 fully saturated rings. The first-order valence-electron chi connectivity index (χ1n) is 5.45. The zero-order chi connectivity index (χ0) is 13.4. The number of nitro groups is 1. The highest BCUT2D eigenvalue weighted by Gasteiger charge is 2.22. The van der Waals surface area contributed by atoms with E-state index in [0.717, 1.165) is 10.6 Å². The lowest BCUT2D eigenvalue weighted by atomic mass is 10.1. The number of nitro benzene ring substituents is 1. The van der Waals surface area contributed by atoms with Crippen LogP contribution in [0.3, 0.4) is 0 Å². The molecule has 1 aliphatic heterocycles. The molecule has 0 saturated heterocycles. The van der Waals surface area contributed by atoms with Crippen LogP contribution in [0.25, 0.3) is 0 Å². The lowest BCUT2D eigenvalue weighted by Crippen LogP contribution is -2.03. The summed E-state index contributed by atoms with van der Waals surface area (Å²) in [5, 5.41) is 23.2. The molecular formula is C13H7N3O2S. The standard InChI is InChI=1S/C13H7N3O2S/c14-7-8-5-9(16(17)18)6-12-13(8)15-10-3-1-2-4-11(10)19-12/h1-6,15H. The van der Waals surface area contributed by atoms with E-state index in [4.69, 9.17) is 5.26 Å². The zero-order valence-electron chi connectivity index (χ0n) is 9.58. The van der Waals surface area contributed by atoms with Crippen molar-refractivity contribution in [2.24, 2.45) is 0 Å². The van der Waals surface area contributed by atoms with Gasteiger partial charge in [-0.05, 0) is 12.1 Å². The van der Waals surface area contributed by atoms with Crippen LogP contribution in [0, 0.1) is 21.4 Å². The highest BCUT2D eigenvalue weighted by molar-refractivity contribution is 7.99. The van der Waals surface area contributed by atoms with Gasteiger partial charge in [-0.2, -0.15) is 5.26 Å². The largest absolute Gasteiger partial charge is 0.353 e. The maximum Gasteiger partial charge on any atom is 0.272 e. The van der Waals surface area contributed by atoms with Crippen molar-refractivity contribution in [2.45, 2.75) is 9.79 Å². The van der Waals surface area contributed by atoms with E-state index >= 15 is 0 Å². The third-order valence-corrected chi connectivity index (χ3v) is 3.90. The number of nitriles is 1. The van der Waals surface area contributed by atoms with Gasteiger partial charge in [0.1, 0.15) is 6.07 Å². The molecule has 0 spiro atoms. The van der Waals surface area contributed by atoms with Crippen LogP contribution in [-0.2, 0) is 0 Å². The number of non-ortho nitro benzene ring substituents is 1. The molecule has 0 saturated carbocycles. The van der Waals surface area contributed by atoms with Crippen LogP contribution in [0.1, 0.15) is 5.56 Å². The fourth-order valence-corrected chi connectivity index (χ4v) is 2.97. The van der Waals surface area contributed by atoms with Gasteiger partial charge < -0.3 is 5.32 Å². The normalized spacial score (nSPS) is 11.7. The van der Waals surface area contributed by atoms with E-state index in [1.54, 1.807) is 0 Å². The summed E-state index contributed by atoms with van der Waals surface area (Å²) in [7, 11) is 0. The van der Waals surface area contributed by atoms with E-state index in [0.29, 0.717) is 10.6 Å². The Morgan fingerprint density at radius 1 is 1.26 bits per heavy atom. The second-order valence-electron chi connectivity index (χ2n) is 3.96. The Morgan fingerprint density at radius 2 is 2.05 bits per heavy atom. The van der Waals surface area contributed by atoms with Gasteiger partial charge >= 0.3 is 0 Å². The summed E-state index contributed by atoms with van der Waals surface area (Å²) in [6.45, 7) is 0. The van der Waals surface area contributed by atoms with Crippen molar-refractivity contribution in [3.05, 3.63) is 52.1 Å². The quantitative estimate of drug-likeness (QED) is 0.538. The van der Waals surface area contributed by atoms with Crippen molar-refractivity contribution in [1.29, 1.82) is 5.26 Å². The fraction of sp³-hybridized carbons (Fsp3) is 0. The molecule has 1 N–H and O–H groups in total. The van der Waals surface area contributed by atoms with Crippen molar-refractivity contribution in [1.82, 2.24) is 0 Å². The summed E-state index contributed by atoms with van der Waals surface area (Å²) >= 11 is 1.43. The van der Waals surface area contributed by atoms with Crippen molar-refractivity contribution in [3.63, 3.8) is 0 Å². The van der Waals surface area contributed by atoms with E-state index in [-0.39, 0.29) is 11.3 Å². The summed E-state index contributed by atoms with van der Waals surface area (Å²) in [5.41, 5.74) is 1.76. The van der Waals surface area contributed by atoms with E-state index in [1.807, 2.05) is 30.3 Å². The number of hydrogen-bond donors (Lipinski definition) is 1. The minimum absolute atomic E-state index is 0.0658. The zero-order valence-corrected chi connectivity index (χ0v) is 10.4. The first-order valence-corrected chi connectivity index (χ1v) is 6.27. The van der Waals surface area contributed by atoms with E-state index in [2.05, 4.69) is 5.32 Å². The Labute approximate surface area is 113 Å². The second-order valence-corrected chi connectivity index (χ2v) is 5.04. The number of benzene rings is 2. The number of nitrogens with zero attached hydrogens (tertiary/aromatic N) is 2.